The predicted molar refractivity (Wildman–Crippen MR) is 93.3 cm³/mol. The fourth-order valence-corrected chi connectivity index (χ4v) is 2.23. The van der Waals surface area contributed by atoms with Crippen molar-refractivity contribution in [3.05, 3.63) is 24.3 Å². The van der Waals surface area contributed by atoms with Gasteiger partial charge in [-0.3, -0.25) is 0 Å². The van der Waals surface area contributed by atoms with Gasteiger partial charge >= 0.3 is 0 Å². The van der Waals surface area contributed by atoms with Gasteiger partial charge in [0.15, 0.2) is 0 Å². The van der Waals surface area contributed by atoms with E-state index < -0.39 is 0 Å². The highest BCUT2D eigenvalue weighted by Crippen LogP contribution is 2.08. The van der Waals surface area contributed by atoms with Gasteiger partial charge in [-0.1, -0.05) is 63.3 Å². The summed E-state index contributed by atoms with van der Waals surface area (Å²) in [5.74, 6) is 0. The second kappa shape index (κ2) is 16.5. The molecule has 1 nitrogen and oxygen atoms in total. The van der Waals surface area contributed by atoms with Gasteiger partial charge in [0.05, 0.1) is 0 Å². The molecule has 0 radical (unpaired) electrons. The number of rotatable bonds is 14. The Hall–Kier alpha value is -0.560. The maximum Gasteiger partial charge on any atom is 0.00357 e. The number of hydrogen-bond acceptors (Lipinski definition) is 1. The molecule has 0 fully saturated rings. The molecule has 0 amide bonds. The maximum atomic E-state index is 3.29. The van der Waals surface area contributed by atoms with Gasteiger partial charge in [-0.25, -0.2) is 0 Å². The highest BCUT2D eigenvalue weighted by atomic mass is 14.8. The van der Waals surface area contributed by atoms with E-state index in [4.69, 9.17) is 0 Å². The van der Waals surface area contributed by atoms with Gasteiger partial charge in [-0.2, -0.15) is 0 Å². The van der Waals surface area contributed by atoms with Crippen molar-refractivity contribution in [3.63, 3.8) is 0 Å². The zero-order valence-electron chi connectivity index (χ0n) is 14.2. The van der Waals surface area contributed by atoms with Gasteiger partial charge in [0, 0.05) is 6.04 Å². The Kier molecular flexibility index (Phi) is 16.0. The molecule has 1 atom stereocenters. The normalized spacial score (nSPS) is 13.6. The van der Waals surface area contributed by atoms with Crippen LogP contribution in [0.1, 0.15) is 84.5 Å². The molecular formula is C19H37N. The summed E-state index contributed by atoms with van der Waals surface area (Å²) >= 11 is 0. The maximum absolute atomic E-state index is 3.29. The highest BCUT2D eigenvalue weighted by Gasteiger charge is 1.96. The van der Waals surface area contributed by atoms with Crippen molar-refractivity contribution in [2.24, 2.45) is 0 Å². The summed E-state index contributed by atoms with van der Waals surface area (Å²) in [5, 5.41) is 3.29. The van der Waals surface area contributed by atoms with Gasteiger partial charge < -0.3 is 5.32 Å². The topological polar surface area (TPSA) is 12.0 Å². The van der Waals surface area contributed by atoms with Crippen molar-refractivity contribution in [2.45, 2.75) is 90.5 Å². The molecule has 0 bridgehead atoms. The minimum absolute atomic E-state index is 0.680. The fourth-order valence-electron chi connectivity index (χ4n) is 2.23. The summed E-state index contributed by atoms with van der Waals surface area (Å²) in [6.07, 6.45) is 23.8. The third kappa shape index (κ3) is 15.5. The summed E-state index contributed by atoms with van der Waals surface area (Å²) in [7, 11) is 2.05. The van der Waals surface area contributed by atoms with Gasteiger partial charge in [0.2, 0.25) is 0 Å². The zero-order chi connectivity index (χ0) is 14.9. The van der Waals surface area contributed by atoms with Crippen LogP contribution in [0.2, 0.25) is 0 Å². The van der Waals surface area contributed by atoms with E-state index in [2.05, 4.69) is 43.5 Å². The van der Waals surface area contributed by atoms with Crippen molar-refractivity contribution in [1.82, 2.24) is 5.32 Å². The second-order valence-electron chi connectivity index (χ2n) is 5.86. The molecule has 1 unspecified atom stereocenters. The van der Waals surface area contributed by atoms with Gasteiger partial charge in [-0.15, -0.1) is 0 Å². The monoisotopic (exact) mass is 279 g/mol. The molecular weight excluding hydrogens is 242 g/mol. The Morgan fingerprint density at radius 2 is 1.40 bits per heavy atom. The first-order chi connectivity index (χ1) is 9.81. The van der Waals surface area contributed by atoms with Crippen LogP contribution >= 0.6 is 0 Å². The molecule has 0 aromatic carbocycles. The van der Waals surface area contributed by atoms with Crippen molar-refractivity contribution >= 4 is 0 Å². The first-order valence-corrected chi connectivity index (χ1v) is 8.78. The predicted octanol–water partition coefficient (Wildman–Crippen LogP) is 6.02. The molecule has 0 spiro atoms. The molecule has 1 heteroatoms. The summed E-state index contributed by atoms with van der Waals surface area (Å²) in [6, 6.07) is 0.680. The lowest BCUT2D eigenvalue weighted by molar-refractivity contribution is 0.515. The Morgan fingerprint density at radius 1 is 0.800 bits per heavy atom. The number of allylic oxidation sites excluding steroid dienone is 4. The molecule has 0 aliphatic heterocycles. The van der Waals surface area contributed by atoms with Crippen LogP contribution < -0.4 is 5.32 Å². The average molecular weight is 280 g/mol. The van der Waals surface area contributed by atoms with Gasteiger partial charge in [0.25, 0.3) is 0 Å². The van der Waals surface area contributed by atoms with Gasteiger partial charge in [-0.05, 0) is 52.5 Å². The molecule has 0 saturated heterocycles. The minimum atomic E-state index is 0.680. The molecule has 0 aliphatic carbocycles. The van der Waals surface area contributed by atoms with E-state index in [9.17, 15) is 0 Å². The fraction of sp³-hybridized carbons (Fsp3) is 0.789. The highest BCUT2D eigenvalue weighted by molar-refractivity contribution is 4.92. The third-order valence-corrected chi connectivity index (χ3v) is 3.83. The summed E-state index contributed by atoms with van der Waals surface area (Å²) in [5.41, 5.74) is 0. The second-order valence-corrected chi connectivity index (χ2v) is 5.86. The molecule has 1 N–H and O–H groups in total. The van der Waals surface area contributed by atoms with E-state index in [1.165, 1.54) is 64.2 Å². The van der Waals surface area contributed by atoms with Crippen LogP contribution in [0.4, 0.5) is 0 Å². The standard InChI is InChI=1S/C19H37N/c1-4-5-6-7-8-9-10-11-12-13-14-15-16-17-18-19(2)20-3/h8-9,11-12,19-20H,4-7,10,13-18H2,1-3H3/b9-8+,12-11+. The Labute approximate surface area is 127 Å². The van der Waals surface area contributed by atoms with E-state index >= 15 is 0 Å². The quantitative estimate of drug-likeness (QED) is 0.303. The van der Waals surface area contributed by atoms with E-state index in [1.54, 1.807) is 0 Å². The molecule has 0 aromatic rings. The van der Waals surface area contributed by atoms with Crippen LogP contribution in [0.5, 0.6) is 0 Å². The third-order valence-electron chi connectivity index (χ3n) is 3.83. The van der Waals surface area contributed by atoms with Crippen molar-refractivity contribution in [2.75, 3.05) is 7.05 Å². The average Bonchev–Trinajstić information content (AvgIpc) is 2.47. The molecule has 0 aliphatic rings. The van der Waals surface area contributed by atoms with Crippen LogP contribution in [0.15, 0.2) is 24.3 Å². The van der Waals surface area contributed by atoms with E-state index in [0.29, 0.717) is 6.04 Å². The largest absolute Gasteiger partial charge is 0.317 e. The van der Waals surface area contributed by atoms with Gasteiger partial charge in [0.1, 0.15) is 0 Å². The summed E-state index contributed by atoms with van der Waals surface area (Å²) in [4.78, 5) is 0. The molecule has 20 heavy (non-hydrogen) atoms. The zero-order valence-corrected chi connectivity index (χ0v) is 14.2. The van der Waals surface area contributed by atoms with Crippen LogP contribution in [0.25, 0.3) is 0 Å². The summed E-state index contributed by atoms with van der Waals surface area (Å²) in [6.45, 7) is 4.52. The van der Waals surface area contributed by atoms with E-state index in [1.807, 2.05) is 7.05 Å². The lowest BCUT2D eigenvalue weighted by Crippen LogP contribution is -2.20. The van der Waals surface area contributed by atoms with E-state index in [-0.39, 0.29) is 0 Å². The van der Waals surface area contributed by atoms with Crippen molar-refractivity contribution < 1.29 is 0 Å². The molecule has 0 rings (SSSR count). The minimum Gasteiger partial charge on any atom is -0.317 e. The number of hydrogen-bond donors (Lipinski definition) is 1. The molecule has 0 saturated carbocycles. The van der Waals surface area contributed by atoms with E-state index in [0.717, 1.165) is 6.42 Å². The smallest absolute Gasteiger partial charge is 0.00357 e. The lowest BCUT2D eigenvalue weighted by atomic mass is 10.1. The van der Waals surface area contributed by atoms with Crippen LogP contribution in [0.3, 0.4) is 0 Å². The molecule has 118 valence electrons. The number of nitrogens with one attached hydrogen (secondary N) is 1. The van der Waals surface area contributed by atoms with Crippen molar-refractivity contribution in [3.8, 4) is 0 Å². The van der Waals surface area contributed by atoms with Crippen LogP contribution in [0, 0.1) is 0 Å². The SMILES string of the molecule is CCCCC/C=C/C/C=C/CCCCCCC(C)NC. The molecule has 0 heterocycles. The van der Waals surface area contributed by atoms with Crippen LogP contribution in [-0.2, 0) is 0 Å². The van der Waals surface area contributed by atoms with Crippen LogP contribution in [-0.4, -0.2) is 13.1 Å². The van der Waals surface area contributed by atoms with Crippen molar-refractivity contribution in [1.29, 1.82) is 0 Å². The first-order valence-electron chi connectivity index (χ1n) is 8.78. The Bertz CT molecular complexity index is 230. The summed E-state index contributed by atoms with van der Waals surface area (Å²) < 4.78 is 0. The molecule has 0 aromatic heterocycles. The first kappa shape index (κ1) is 19.4. The Balaban J connectivity index is 3.19. The Morgan fingerprint density at radius 3 is 2.00 bits per heavy atom. The lowest BCUT2D eigenvalue weighted by Gasteiger charge is -2.08. The number of unbranched alkanes of at least 4 members (excludes halogenated alkanes) is 7.